The van der Waals surface area contributed by atoms with Crippen LogP contribution in [0.2, 0.25) is 0 Å². The quantitative estimate of drug-likeness (QED) is 0.614. The Morgan fingerprint density at radius 2 is 1.54 bits per heavy atom. The van der Waals surface area contributed by atoms with Gasteiger partial charge in [-0.2, -0.15) is 5.48 Å². The Balaban J connectivity index is 0.00000176. The molecule has 3 rings (SSSR count). The Labute approximate surface area is 163 Å². The first-order chi connectivity index (χ1) is 10.3. The second kappa shape index (κ2) is 11.2. The molecule has 0 aliphatic heterocycles. The van der Waals surface area contributed by atoms with Crippen molar-refractivity contribution in [1.29, 1.82) is 0 Å². The molecule has 1 N–H and O–H groups in total. The highest BCUT2D eigenvalue weighted by Crippen LogP contribution is 2.31. The first kappa shape index (κ1) is 22.6. The third-order valence-corrected chi connectivity index (χ3v) is 4.37. The zero-order chi connectivity index (χ0) is 14.5. The Hall–Kier alpha value is -1.37. The number of halogens is 3. The van der Waals surface area contributed by atoms with Crippen LogP contribution in [0.1, 0.15) is 11.1 Å². The Morgan fingerprint density at radius 1 is 0.958 bits per heavy atom. The molecule has 0 bridgehead atoms. The summed E-state index contributed by atoms with van der Waals surface area (Å²) in [4.78, 5) is 14.8. The van der Waals surface area contributed by atoms with Crippen LogP contribution < -0.4 is 10.3 Å². The first-order valence-electron chi connectivity index (χ1n) is 6.61. The number of aromatic nitrogens is 2. The molecule has 0 saturated carbocycles. The summed E-state index contributed by atoms with van der Waals surface area (Å²) >= 11 is 1.74. The molecule has 4 nitrogen and oxygen atoms in total. The topological polar surface area (TPSA) is 47.0 Å². The van der Waals surface area contributed by atoms with Gasteiger partial charge in [-0.25, -0.2) is 0 Å². The molecule has 0 aliphatic rings. The largest absolute Gasteiger partial charge is 0.408 e. The summed E-state index contributed by atoms with van der Waals surface area (Å²) in [5.74, 6) is 0.757. The van der Waals surface area contributed by atoms with Crippen LogP contribution in [-0.4, -0.2) is 9.97 Å². The average molecular weight is 407 g/mol. The summed E-state index contributed by atoms with van der Waals surface area (Å²) < 4.78 is 0. The summed E-state index contributed by atoms with van der Waals surface area (Å²) in [5, 5.41) is 2.16. The molecule has 3 heterocycles. The van der Waals surface area contributed by atoms with Gasteiger partial charge in [-0.05, 0) is 41.1 Å². The van der Waals surface area contributed by atoms with Crippen LogP contribution in [0.4, 0.5) is 0 Å². The second-order valence-electron chi connectivity index (χ2n) is 4.56. The van der Waals surface area contributed by atoms with Gasteiger partial charge in [0, 0.05) is 41.8 Å². The number of nitrogens with one attached hydrogen (secondary N) is 1. The highest BCUT2D eigenvalue weighted by molar-refractivity contribution is 7.14. The molecular weight excluding hydrogens is 389 g/mol. The van der Waals surface area contributed by atoms with E-state index in [1.807, 2.05) is 36.7 Å². The maximum Gasteiger partial charge on any atom is 0.150 e. The van der Waals surface area contributed by atoms with Gasteiger partial charge in [0.05, 0.1) is 6.54 Å². The number of rotatable bonds is 5. The molecule has 0 spiro atoms. The molecule has 0 aliphatic carbocycles. The molecule has 24 heavy (non-hydrogen) atoms. The molecule has 0 saturated heterocycles. The minimum Gasteiger partial charge on any atom is -0.408 e. The number of hydrogen-bond acceptors (Lipinski definition) is 5. The van der Waals surface area contributed by atoms with Crippen LogP contribution in [0.5, 0.6) is 5.75 Å². The van der Waals surface area contributed by atoms with Gasteiger partial charge in [0.1, 0.15) is 5.75 Å². The minimum atomic E-state index is 0. The zero-order valence-corrected chi connectivity index (χ0v) is 16.1. The highest BCUT2D eigenvalue weighted by atomic mass is 35.5. The lowest BCUT2D eigenvalue weighted by atomic mass is 10.1. The lowest BCUT2D eigenvalue weighted by Crippen LogP contribution is -2.17. The van der Waals surface area contributed by atoms with Crippen molar-refractivity contribution < 1.29 is 4.84 Å². The van der Waals surface area contributed by atoms with Gasteiger partial charge in [-0.1, -0.05) is 0 Å². The summed E-state index contributed by atoms with van der Waals surface area (Å²) in [7, 11) is 0. The number of hydroxylamine groups is 1. The third-order valence-electron chi connectivity index (χ3n) is 3.19. The van der Waals surface area contributed by atoms with Gasteiger partial charge in [-0.3, -0.25) is 9.97 Å². The molecule has 0 atom stereocenters. The first-order valence-corrected chi connectivity index (χ1v) is 7.49. The fourth-order valence-corrected chi connectivity index (χ4v) is 3.12. The van der Waals surface area contributed by atoms with E-state index in [4.69, 9.17) is 4.84 Å². The normalized spacial score (nSPS) is 9.21. The molecule has 0 unspecified atom stereocenters. The van der Waals surface area contributed by atoms with Crippen molar-refractivity contribution in [1.82, 2.24) is 15.4 Å². The number of thiophene rings is 1. The molecule has 8 heteroatoms. The van der Waals surface area contributed by atoms with Crippen molar-refractivity contribution in [3.8, 4) is 16.2 Å². The van der Waals surface area contributed by atoms with Gasteiger partial charge in [-0.15, -0.1) is 48.6 Å². The van der Waals surface area contributed by atoms with Crippen LogP contribution in [0.25, 0.3) is 10.4 Å². The smallest absolute Gasteiger partial charge is 0.150 e. The predicted molar refractivity (Wildman–Crippen MR) is 106 cm³/mol. The highest BCUT2D eigenvalue weighted by Gasteiger charge is 2.09. The van der Waals surface area contributed by atoms with E-state index in [9.17, 15) is 0 Å². The fraction of sp³-hybridized carbons (Fsp3) is 0.125. The van der Waals surface area contributed by atoms with Gasteiger partial charge in [0.25, 0.3) is 0 Å². The zero-order valence-electron chi connectivity index (χ0n) is 12.8. The van der Waals surface area contributed by atoms with E-state index in [1.165, 1.54) is 21.6 Å². The molecule has 0 aromatic carbocycles. The fourth-order valence-electron chi connectivity index (χ4n) is 2.02. The van der Waals surface area contributed by atoms with Crippen LogP contribution in [0.3, 0.4) is 0 Å². The van der Waals surface area contributed by atoms with E-state index in [-0.39, 0.29) is 37.2 Å². The van der Waals surface area contributed by atoms with Gasteiger partial charge in [0.2, 0.25) is 0 Å². The SMILES string of the molecule is Cc1c(CNOc2ccncc2)csc1-c1ccncc1.Cl.Cl.Cl. The second-order valence-corrected chi connectivity index (χ2v) is 5.44. The van der Waals surface area contributed by atoms with Gasteiger partial charge >= 0.3 is 0 Å². The van der Waals surface area contributed by atoms with Gasteiger partial charge in [0.15, 0.2) is 0 Å². The summed E-state index contributed by atoms with van der Waals surface area (Å²) in [5.41, 5.74) is 6.70. The minimum absolute atomic E-state index is 0. The van der Waals surface area contributed by atoms with Crippen molar-refractivity contribution >= 4 is 48.6 Å². The number of nitrogens with zero attached hydrogens (tertiary/aromatic N) is 2. The van der Waals surface area contributed by atoms with E-state index in [1.54, 1.807) is 23.7 Å². The lowest BCUT2D eigenvalue weighted by molar-refractivity contribution is 0.190. The lowest BCUT2D eigenvalue weighted by Gasteiger charge is -2.07. The number of pyridine rings is 2. The average Bonchev–Trinajstić information content (AvgIpc) is 2.90. The van der Waals surface area contributed by atoms with Gasteiger partial charge < -0.3 is 4.84 Å². The van der Waals surface area contributed by atoms with E-state index >= 15 is 0 Å². The molecule has 0 fully saturated rings. The Kier molecular flexibility index (Phi) is 10.6. The molecule has 3 aromatic rings. The monoisotopic (exact) mass is 405 g/mol. The molecular formula is C16H18Cl3N3OS. The number of hydrogen-bond donors (Lipinski definition) is 1. The van der Waals surface area contributed by atoms with Crippen molar-refractivity contribution in [2.24, 2.45) is 0 Å². The van der Waals surface area contributed by atoms with Crippen LogP contribution in [-0.2, 0) is 6.54 Å². The summed E-state index contributed by atoms with van der Waals surface area (Å²) in [6, 6.07) is 7.69. The third kappa shape index (κ3) is 5.61. The Bertz CT molecular complexity index is 711. The van der Waals surface area contributed by atoms with E-state index in [0.717, 1.165) is 5.75 Å². The van der Waals surface area contributed by atoms with E-state index in [2.05, 4.69) is 27.8 Å². The maximum atomic E-state index is 5.48. The maximum absolute atomic E-state index is 5.48. The summed E-state index contributed by atoms with van der Waals surface area (Å²) in [6.07, 6.45) is 7.04. The Morgan fingerprint density at radius 3 is 2.17 bits per heavy atom. The molecule has 130 valence electrons. The van der Waals surface area contributed by atoms with Crippen molar-refractivity contribution in [2.45, 2.75) is 13.5 Å². The van der Waals surface area contributed by atoms with Crippen LogP contribution >= 0.6 is 48.6 Å². The molecule has 0 amide bonds. The van der Waals surface area contributed by atoms with E-state index < -0.39 is 0 Å². The molecule has 3 aromatic heterocycles. The van der Waals surface area contributed by atoms with Crippen molar-refractivity contribution in [3.63, 3.8) is 0 Å². The molecule has 0 radical (unpaired) electrons. The van der Waals surface area contributed by atoms with Crippen molar-refractivity contribution in [2.75, 3.05) is 0 Å². The van der Waals surface area contributed by atoms with Crippen LogP contribution in [0, 0.1) is 6.92 Å². The van der Waals surface area contributed by atoms with E-state index in [0.29, 0.717) is 6.54 Å². The van der Waals surface area contributed by atoms with Crippen molar-refractivity contribution in [3.05, 3.63) is 65.6 Å². The summed E-state index contributed by atoms with van der Waals surface area (Å²) in [6.45, 7) is 2.80. The predicted octanol–water partition coefficient (Wildman–Crippen LogP) is 4.86. The standard InChI is InChI=1S/C16H15N3OS.3ClH/c1-12-14(10-19-20-15-4-8-18-9-5-15)11-21-16(12)13-2-6-17-7-3-13;;;/h2-9,11,19H,10H2,1H3;3*1H. The van der Waals surface area contributed by atoms with Crippen LogP contribution in [0.15, 0.2) is 54.4 Å².